The van der Waals surface area contributed by atoms with E-state index in [-0.39, 0.29) is 17.2 Å². The van der Waals surface area contributed by atoms with Gasteiger partial charge in [0.1, 0.15) is 11.9 Å². The Labute approximate surface area is 147 Å². The van der Waals surface area contributed by atoms with Gasteiger partial charge in [0.2, 0.25) is 5.91 Å². The first-order chi connectivity index (χ1) is 11.7. The molecule has 2 unspecified atom stereocenters. The van der Waals surface area contributed by atoms with Crippen LogP contribution in [0.3, 0.4) is 0 Å². The molecule has 1 aliphatic heterocycles. The maximum absolute atomic E-state index is 13.0. The number of imidazole rings is 1. The van der Waals surface area contributed by atoms with Crippen molar-refractivity contribution in [3.63, 3.8) is 0 Å². The van der Waals surface area contributed by atoms with Gasteiger partial charge in [-0.15, -0.1) is 11.8 Å². The smallest absolute Gasteiger partial charge is 0.236 e. The van der Waals surface area contributed by atoms with Gasteiger partial charge < -0.3 is 14.8 Å². The average molecular weight is 344 g/mol. The van der Waals surface area contributed by atoms with Crippen LogP contribution in [0.1, 0.15) is 24.4 Å². The van der Waals surface area contributed by atoms with Crippen molar-refractivity contribution in [1.29, 1.82) is 0 Å². The molecule has 3 rings (SSSR count). The van der Waals surface area contributed by atoms with Gasteiger partial charge in [0.15, 0.2) is 0 Å². The lowest BCUT2D eigenvalue weighted by molar-refractivity contribution is -0.133. The Balaban J connectivity index is 1.66. The van der Waals surface area contributed by atoms with E-state index in [0.717, 1.165) is 31.2 Å². The number of aromatic nitrogens is 2. The van der Waals surface area contributed by atoms with Crippen LogP contribution in [0, 0.1) is 0 Å². The molecule has 2 atom stereocenters. The van der Waals surface area contributed by atoms with Crippen LogP contribution < -0.4 is 5.32 Å². The van der Waals surface area contributed by atoms with Crippen molar-refractivity contribution in [1.82, 2.24) is 19.8 Å². The van der Waals surface area contributed by atoms with Crippen LogP contribution in [-0.2, 0) is 17.6 Å². The number of hydrogen-bond acceptors (Lipinski definition) is 4. The number of carbonyl (C=O) groups is 1. The van der Waals surface area contributed by atoms with Gasteiger partial charge in [-0.3, -0.25) is 4.79 Å². The summed E-state index contributed by atoms with van der Waals surface area (Å²) in [6, 6.07) is 10.3. The first-order valence-corrected chi connectivity index (χ1v) is 9.35. The molecule has 1 amide bonds. The number of nitrogens with zero attached hydrogens (tertiary/aromatic N) is 3. The minimum Gasteiger partial charge on any atom is -0.336 e. The molecule has 2 heterocycles. The van der Waals surface area contributed by atoms with Crippen molar-refractivity contribution in [2.75, 3.05) is 19.6 Å². The molecule has 2 aromatic rings. The number of benzene rings is 1. The Morgan fingerprint density at radius 1 is 1.42 bits per heavy atom. The van der Waals surface area contributed by atoms with Crippen molar-refractivity contribution in [2.24, 2.45) is 7.05 Å². The third-order valence-corrected chi connectivity index (χ3v) is 5.58. The minimum atomic E-state index is -0.0638. The summed E-state index contributed by atoms with van der Waals surface area (Å²) in [4.78, 5) is 19.4. The van der Waals surface area contributed by atoms with E-state index in [1.54, 1.807) is 18.0 Å². The molecule has 6 heteroatoms. The standard InChI is InChI=1S/C18H24N4OS/c1-14(24-13-15-6-4-3-5-7-15)18(23)22-11-8-19-12-16(22)17-20-9-10-21(17)2/h3-7,9-10,14,16,19H,8,11-13H2,1-2H3. The van der Waals surface area contributed by atoms with Gasteiger partial charge in [-0.2, -0.15) is 0 Å². The lowest BCUT2D eigenvalue weighted by Crippen LogP contribution is -2.51. The highest BCUT2D eigenvalue weighted by Crippen LogP contribution is 2.25. The van der Waals surface area contributed by atoms with E-state index in [1.165, 1.54) is 5.56 Å². The van der Waals surface area contributed by atoms with Crippen LogP contribution in [0.4, 0.5) is 0 Å². The third-order valence-electron chi connectivity index (χ3n) is 4.37. The van der Waals surface area contributed by atoms with E-state index in [9.17, 15) is 4.79 Å². The molecule has 1 saturated heterocycles. The second-order valence-electron chi connectivity index (χ2n) is 6.09. The predicted octanol–water partition coefficient (Wildman–Crippen LogP) is 2.21. The van der Waals surface area contributed by atoms with Crippen molar-refractivity contribution >= 4 is 17.7 Å². The zero-order valence-corrected chi connectivity index (χ0v) is 15.0. The van der Waals surface area contributed by atoms with E-state index in [4.69, 9.17) is 0 Å². The van der Waals surface area contributed by atoms with E-state index >= 15 is 0 Å². The number of piperazine rings is 1. The highest BCUT2D eigenvalue weighted by molar-refractivity contribution is 7.99. The van der Waals surface area contributed by atoms with E-state index in [2.05, 4.69) is 22.4 Å². The lowest BCUT2D eigenvalue weighted by Gasteiger charge is -2.37. The summed E-state index contributed by atoms with van der Waals surface area (Å²) in [5, 5.41) is 3.31. The van der Waals surface area contributed by atoms with E-state index in [0.29, 0.717) is 0 Å². The summed E-state index contributed by atoms with van der Waals surface area (Å²) in [5.41, 5.74) is 1.25. The molecule has 0 aliphatic carbocycles. The van der Waals surface area contributed by atoms with Crippen LogP contribution in [-0.4, -0.2) is 45.2 Å². The number of carbonyl (C=O) groups excluding carboxylic acids is 1. The third kappa shape index (κ3) is 3.82. The molecule has 128 valence electrons. The Morgan fingerprint density at radius 2 is 2.21 bits per heavy atom. The van der Waals surface area contributed by atoms with Crippen molar-refractivity contribution in [3.8, 4) is 0 Å². The number of thioether (sulfide) groups is 1. The minimum absolute atomic E-state index is 0.00558. The first-order valence-electron chi connectivity index (χ1n) is 8.30. The van der Waals surface area contributed by atoms with E-state index < -0.39 is 0 Å². The van der Waals surface area contributed by atoms with Gasteiger partial charge in [-0.05, 0) is 12.5 Å². The number of nitrogens with one attached hydrogen (secondary N) is 1. The summed E-state index contributed by atoms with van der Waals surface area (Å²) in [7, 11) is 1.98. The average Bonchev–Trinajstić information content (AvgIpc) is 3.05. The van der Waals surface area contributed by atoms with Crippen LogP contribution >= 0.6 is 11.8 Å². The molecule has 5 nitrogen and oxygen atoms in total. The molecule has 1 aromatic carbocycles. The fraction of sp³-hybridized carbons (Fsp3) is 0.444. The molecule has 0 saturated carbocycles. The fourth-order valence-corrected chi connectivity index (χ4v) is 3.91. The monoisotopic (exact) mass is 344 g/mol. The molecule has 0 spiro atoms. The second kappa shape index (κ2) is 7.85. The van der Waals surface area contributed by atoms with Crippen molar-refractivity contribution < 1.29 is 4.79 Å². The molecule has 1 aliphatic rings. The topological polar surface area (TPSA) is 50.2 Å². The molecule has 1 fully saturated rings. The number of aryl methyl sites for hydroxylation is 1. The Bertz CT molecular complexity index is 673. The van der Waals surface area contributed by atoms with Gasteiger partial charge in [0, 0.05) is 44.8 Å². The molecule has 1 N–H and O–H groups in total. The highest BCUT2D eigenvalue weighted by atomic mass is 32.2. The first kappa shape index (κ1) is 17.0. The van der Waals surface area contributed by atoms with Crippen molar-refractivity contribution in [3.05, 3.63) is 54.1 Å². The van der Waals surface area contributed by atoms with Crippen LogP contribution in [0.25, 0.3) is 0 Å². The summed E-state index contributed by atoms with van der Waals surface area (Å²) < 4.78 is 2.00. The summed E-state index contributed by atoms with van der Waals surface area (Å²) in [6.45, 7) is 4.33. The SMILES string of the molecule is CC(SCc1ccccc1)C(=O)N1CCNCC1c1nccn1C. The quantitative estimate of drug-likeness (QED) is 0.904. The zero-order valence-electron chi connectivity index (χ0n) is 14.2. The number of rotatable bonds is 5. The van der Waals surface area contributed by atoms with Gasteiger partial charge in [-0.1, -0.05) is 30.3 Å². The fourth-order valence-electron chi connectivity index (χ4n) is 3.00. The Morgan fingerprint density at radius 3 is 2.92 bits per heavy atom. The molecule has 0 bridgehead atoms. The maximum atomic E-state index is 13.0. The zero-order chi connectivity index (χ0) is 16.9. The number of amides is 1. The maximum Gasteiger partial charge on any atom is 0.236 e. The van der Waals surface area contributed by atoms with Crippen molar-refractivity contribution in [2.45, 2.75) is 24.0 Å². The van der Waals surface area contributed by atoms with Crippen LogP contribution in [0.2, 0.25) is 0 Å². The molecule has 24 heavy (non-hydrogen) atoms. The largest absolute Gasteiger partial charge is 0.336 e. The Kier molecular flexibility index (Phi) is 5.58. The van der Waals surface area contributed by atoms with E-state index in [1.807, 2.05) is 47.8 Å². The summed E-state index contributed by atoms with van der Waals surface area (Å²) in [6.07, 6.45) is 3.72. The molecule has 0 radical (unpaired) electrons. The van der Waals surface area contributed by atoms with Gasteiger partial charge >= 0.3 is 0 Å². The van der Waals surface area contributed by atoms with Crippen LogP contribution in [0.15, 0.2) is 42.7 Å². The Hall–Kier alpha value is -1.79. The van der Waals surface area contributed by atoms with Gasteiger partial charge in [-0.25, -0.2) is 4.98 Å². The van der Waals surface area contributed by atoms with Gasteiger partial charge in [0.25, 0.3) is 0 Å². The molecule has 1 aromatic heterocycles. The molecular formula is C18H24N4OS. The number of hydrogen-bond donors (Lipinski definition) is 1. The predicted molar refractivity (Wildman–Crippen MR) is 97.7 cm³/mol. The van der Waals surface area contributed by atoms with Crippen LogP contribution in [0.5, 0.6) is 0 Å². The lowest BCUT2D eigenvalue weighted by atomic mass is 10.1. The molecular weight excluding hydrogens is 320 g/mol. The van der Waals surface area contributed by atoms with Gasteiger partial charge in [0.05, 0.1) is 5.25 Å². The highest BCUT2D eigenvalue weighted by Gasteiger charge is 2.32. The normalized spacial score (nSPS) is 19.2. The second-order valence-corrected chi connectivity index (χ2v) is 7.42. The summed E-state index contributed by atoms with van der Waals surface area (Å²) in [5.74, 6) is 1.99. The summed E-state index contributed by atoms with van der Waals surface area (Å²) >= 11 is 1.70.